The Morgan fingerprint density at radius 2 is 1.96 bits per heavy atom. The van der Waals surface area contributed by atoms with Gasteiger partial charge in [0.2, 0.25) is 0 Å². The Morgan fingerprint density at radius 1 is 1.25 bits per heavy atom. The van der Waals surface area contributed by atoms with Gasteiger partial charge in [0, 0.05) is 10.6 Å². The largest absolute Gasteiger partial charge is 0.465 e. The molecule has 0 unspecified atom stereocenters. The van der Waals surface area contributed by atoms with Crippen LogP contribution in [0.25, 0.3) is 10.2 Å². The van der Waals surface area contributed by atoms with Gasteiger partial charge in [-0.1, -0.05) is 22.9 Å². The molecule has 0 fully saturated rings. The second kappa shape index (κ2) is 8.38. The SMILES string of the molecule is CCOC(=O)Cn1c(=NC(=O)c2ccc(C#N)cc2)sc2ccc(Cl)c(C)c21. The van der Waals surface area contributed by atoms with Crippen LogP contribution in [0.1, 0.15) is 28.4 Å². The molecule has 0 aliphatic heterocycles. The first-order valence-electron chi connectivity index (χ1n) is 8.48. The Hall–Kier alpha value is -2.95. The first-order valence-corrected chi connectivity index (χ1v) is 9.67. The Kier molecular flexibility index (Phi) is 5.93. The minimum atomic E-state index is -0.461. The van der Waals surface area contributed by atoms with Crippen LogP contribution in [-0.4, -0.2) is 23.1 Å². The molecule has 0 aliphatic carbocycles. The molecule has 0 spiro atoms. The summed E-state index contributed by atoms with van der Waals surface area (Å²) in [6.07, 6.45) is 0. The predicted molar refractivity (Wildman–Crippen MR) is 107 cm³/mol. The van der Waals surface area contributed by atoms with Crippen LogP contribution in [-0.2, 0) is 16.1 Å². The fourth-order valence-corrected chi connectivity index (χ4v) is 3.96. The van der Waals surface area contributed by atoms with Crippen molar-refractivity contribution in [3.05, 3.63) is 62.9 Å². The van der Waals surface area contributed by atoms with Crippen LogP contribution < -0.4 is 4.80 Å². The summed E-state index contributed by atoms with van der Waals surface area (Å²) in [5.74, 6) is -0.883. The van der Waals surface area contributed by atoms with Gasteiger partial charge in [-0.2, -0.15) is 10.3 Å². The lowest BCUT2D eigenvalue weighted by Gasteiger charge is -2.08. The quantitative estimate of drug-likeness (QED) is 0.608. The van der Waals surface area contributed by atoms with Crippen molar-refractivity contribution in [2.45, 2.75) is 20.4 Å². The van der Waals surface area contributed by atoms with Crippen LogP contribution in [0.5, 0.6) is 0 Å². The zero-order valence-electron chi connectivity index (χ0n) is 15.2. The first-order chi connectivity index (χ1) is 13.4. The molecule has 3 aromatic rings. The lowest BCUT2D eigenvalue weighted by molar-refractivity contribution is -0.143. The molecule has 142 valence electrons. The molecule has 1 aromatic heterocycles. The molecule has 0 bridgehead atoms. The van der Waals surface area contributed by atoms with E-state index in [1.165, 1.54) is 11.3 Å². The molecular weight excluding hydrogens is 398 g/mol. The third-order valence-electron chi connectivity index (χ3n) is 4.08. The number of rotatable bonds is 4. The number of carbonyl (C=O) groups excluding carboxylic acids is 2. The van der Waals surface area contributed by atoms with Crippen LogP contribution in [0.2, 0.25) is 5.02 Å². The molecular formula is C20H16ClN3O3S. The maximum absolute atomic E-state index is 12.6. The number of thiazole rings is 1. The minimum Gasteiger partial charge on any atom is -0.465 e. The zero-order valence-corrected chi connectivity index (χ0v) is 16.8. The van der Waals surface area contributed by atoms with E-state index in [0.29, 0.717) is 21.0 Å². The molecule has 28 heavy (non-hydrogen) atoms. The summed E-state index contributed by atoms with van der Waals surface area (Å²) >= 11 is 7.54. The lowest BCUT2D eigenvalue weighted by atomic mass is 10.1. The number of nitrogens with zero attached hydrogens (tertiary/aromatic N) is 3. The average molecular weight is 414 g/mol. The third-order valence-corrected chi connectivity index (χ3v) is 5.53. The van der Waals surface area contributed by atoms with Crippen molar-refractivity contribution in [3.63, 3.8) is 0 Å². The maximum Gasteiger partial charge on any atom is 0.326 e. The highest BCUT2D eigenvalue weighted by Gasteiger charge is 2.15. The van der Waals surface area contributed by atoms with Crippen LogP contribution in [0.15, 0.2) is 41.4 Å². The number of amides is 1. The van der Waals surface area contributed by atoms with Crippen molar-refractivity contribution in [2.75, 3.05) is 6.61 Å². The molecule has 3 rings (SSSR count). The molecule has 0 saturated carbocycles. The molecule has 0 N–H and O–H groups in total. The highest BCUT2D eigenvalue weighted by atomic mass is 35.5. The third kappa shape index (κ3) is 3.98. The molecule has 0 atom stereocenters. The van der Waals surface area contributed by atoms with Crippen molar-refractivity contribution in [3.8, 4) is 6.07 Å². The number of benzene rings is 2. The van der Waals surface area contributed by atoms with E-state index in [1.807, 2.05) is 19.1 Å². The van der Waals surface area contributed by atoms with Crippen LogP contribution in [0, 0.1) is 18.3 Å². The highest BCUT2D eigenvalue weighted by Crippen LogP contribution is 2.27. The van der Waals surface area contributed by atoms with Gasteiger partial charge in [0.25, 0.3) is 5.91 Å². The molecule has 0 radical (unpaired) electrons. The fourth-order valence-electron chi connectivity index (χ4n) is 2.72. The minimum absolute atomic E-state index is 0.0749. The van der Waals surface area contributed by atoms with Gasteiger partial charge in [0.15, 0.2) is 4.80 Å². The van der Waals surface area contributed by atoms with Gasteiger partial charge >= 0.3 is 5.97 Å². The number of hydrogen-bond donors (Lipinski definition) is 0. The number of aryl methyl sites for hydroxylation is 1. The van der Waals surface area contributed by atoms with Crippen molar-refractivity contribution < 1.29 is 14.3 Å². The summed E-state index contributed by atoms with van der Waals surface area (Å²) in [6, 6.07) is 11.8. The summed E-state index contributed by atoms with van der Waals surface area (Å²) in [7, 11) is 0. The van der Waals surface area contributed by atoms with Crippen LogP contribution in [0.3, 0.4) is 0 Å². The Morgan fingerprint density at radius 3 is 2.61 bits per heavy atom. The van der Waals surface area contributed by atoms with E-state index in [1.54, 1.807) is 41.8 Å². The van der Waals surface area contributed by atoms with E-state index < -0.39 is 11.9 Å². The lowest BCUT2D eigenvalue weighted by Crippen LogP contribution is -2.23. The summed E-state index contributed by atoms with van der Waals surface area (Å²) in [6.45, 7) is 3.77. The van der Waals surface area contributed by atoms with Gasteiger partial charge in [-0.3, -0.25) is 9.59 Å². The summed E-state index contributed by atoms with van der Waals surface area (Å²) in [4.78, 5) is 29.3. The van der Waals surface area contributed by atoms with Gasteiger partial charge in [-0.25, -0.2) is 0 Å². The van der Waals surface area contributed by atoms with Crippen LogP contribution >= 0.6 is 22.9 Å². The van der Waals surface area contributed by atoms with E-state index >= 15 is 0 Å². The number of halogens is 1. The molecule has 1 heterocycles. The zero-order chi connectivity index (χ0) is 20.3. The summed E-state index contributed by atoms with van der Waals surface area (Å²) in [5, 5.41) is 9.44. The smallest absolute Gasteiger partial charge is 0.326 e. The van der Waals surface area contributed by atoms with E-state index in [2.05, 4.69) is 4.99 Å². The molecule has 6 nitrogen and oxygen atoms in total. The van der Waals surface area contributed by atoms with Gasteiger partial charge in [-0.15, -0.1) is 0 Å². The number of aromatic nitrogens is 1. The maximum atomic E-state index is 12.6. The van der Waals surface area contributed by atoms with Crippen molar-refractivity contribution in [1.82, 2.24) is 4.57 Å². The number of hydrogen-bond acceptors (Lipinski definition) is 5. The summed E-state index contributed by atoms with van der Waals surface area (Å²) < 4.78 is 7.57. The first kappa shape index (κ1) is 19.8. The molecule has 0 saturated heterocycles. The van der Waals surface area contributed by atoms with Gasteiger partial charge in [0.1, 0.15) is 6.54 Å². The normalized spacial score (nSPS) is 11.4. The monoisotopic (exact) mass is 413 g/mol. The van der Waals surface area contributed by atoms with Gasteiger partial charge in [0.05, 0.1) is 28.5 Å². The van der Waals surface area contributed by atoms with Gasteiger partial charge in [-0.05, 0) is 55.8 Å². The van der Waals surface area contributed by atoms with E-state index in [0.717, 1.165) is 15.8 Å². The second-order valence-corrected chi connectivity index (χ2v) is 7.32. The number of esters is 1. The van der Waals surface area contributed by atoms with Crippen molar-refractivity contribution in [1.29, 1.82) is 5.26 Å². The highest BCUT2D eigenvalue weighted by molar-refractivity contribution is 7.16. The molecule has 1 amide bonds. The number of nitriles is 1. The van der Waals surface area contributed by atoms with Crippen molar-refractivity contribution >= 4 is 45.0 Å². The van der Waals surface area contributed by atoms with E-state index in [4.69, 9.17) is 21.6 Å². The topological polar surface area (TPSA) is 84.5 Å². The van der Waals surface area contributed by atoms with E-state index in [9.17, 15) is 9.59 Å². The molecule has 0 aliphatic rings. The standard InChI is InChI=1S/C20H16ClN3O3S/c1-3-27-17(25)11-24-18-12(2)15(21)8-9-16(18)28-20(24)23-19(26)14-6-4-13(10-22)5-7-14/h4-9H,3,11H2,1-2H3. The number of carbonyl (C=O) groups is 2. The van der Waals surface area contributed by atoms with Crippen molar-refractivity contribution in [2.24, 2.45) is 4.99 Å². The van der Waals surface area contributed by atoms with E-state index in [-0.39, 0.29) is 13.2 Å². The summed E-state index contributed by atoms with van der Waals surface area (Å²) in [5.41, 5.74) is 2.36. The molecule has 8 heteroatoms. The Balaban J connectivity index is 2.14. The Labute approximate surface area is 170 Å². The Bertz CT molecular complexity index is 1170. The van der Waals surface area contributed by atoms with Crippen LogP contribution in [0.4, 0.5) is 0 Å². The fraction of sp³-hybridized carbons (Fsp3) is 0.200. The number of ether oxygens (including phenoxy) is 1. The van der Waals surface area contributed by atoms with Gasteiger partial charge < -0.3 is 9.30 Å². The number of fused-ring (bicyclic) bond motifs is 1. The average Bonchev–Trinajstić information content (AvgIpc) is 3.02. The molecule has 2 aromatic carbocycles. The second-order valence-electron chi connectivity index (χ2n) is 5.90. The predicted octanol–water partition coefficient (Wildman–Crippen LogP) is 3.84.